The third-order valence-electron chi connectivity index (χ3n) is 5.42. The lowest BCUT2D eigenvalue weighted by Gasteiger charge is -2.40. The molecule has 2 aliphatic heterocycles. The van der Waals surface area contributed by atoms with Crippen molar-refractivity contribution in [3.05, 3.63) is 46.7 Å². The first-order valence-corrected chi connectivity index (χ1v) is 9.28. The number of nitrogens with zero attached hydrogens (tertiary/aromatic N) is 2. The molecule has 1 aromatic heterocycles. The third-order valence-corrected chi connectivity index (χ3v) is 6.09. The number of fused-ring (bicyclic) bond motifs is 2. The van der Waals surface area contributed by atoms with Crippen molar-refractivity contribution >= 4 is 28.6 Å². The number of carbonyl (C=O) groups is 1. The van der Waals surface area contributed by atoms with Crippen LogP contribution in [0.3, 0.4) is 0 Å². The minimum Gasteiger partial charge on any atom is -0.301 e. The molecule has 120 valence electrons. The van der Waals surface area contributed by atoms with Crippen molar-refractivity contribution in [1.29, 1.82) is 0 Å². The number of anilines is 2. The predicted octanol–water partition coefficient (Wildman–Crippen LogP) is 4.17. The molecule has 1 aromatic carbocycles. The lowest BCUT2D eigenvalue weighted by atomic mass is 9.73. The predicted molar refractivity (Wildman–Crippen MR) is 95.5 cm³/mol. The molecule has 0 radical (unpaired) electrons. The monoisotopic (exact) mass is 326 g/mol. The highest BCUT2D eigenvalue weighted by Crippen LogP contribution is 2.50. The fourth-order valence-corrected chi connectivity index (χ4v) is 4.68. The molecule has 0 saturated carbocycles. The summed E-state index contributed by atoms with van der Waals surface area (Å²) in [4.78, 5) is 17.8. The molecule has 0 atom stereocenters. The number of amides is 1. The number of thiophene rings is 1. The van der Waals surface area contributed by atoms with Crippen LogP contribution < -0.4 is 4.90 Å². The summed E-state index contributed by atoms with van der Waals surface area (Å²) in [5.74, 6) is 0.264. The lowest BCUT2D eigenvalue weighted by Crippen LogP contribution is -2.49. The lowest BCUT2D eigenvalue weighted by molar-refractivity contribution is -0.124. The first-order valence-electron chi connectivity index (χ1n) is 8.34. The summed E-state index contributed by atoms with van der Waals surface area (Å²) < 4.78 is 0. The van der Waals surface area contributed by atoms with E-state index in [1.807, 2.05) is 22.4 Å². The zero-order chi connectivity index (χ0) is 16.0. The van der Waals surface area contributed by atoms with Gasteiger partial charge in [0.05, 0.1) is 16.8 Å². The Hall–Kier alpha value is -1.65. The molecular formula is C19H22N2OS. The highest BCUT2D eigenvalue weighted by molar-refractivity contribution is 7.08. The molecule has 23 heavy (non-hydrogen) atoms. The zero-order valence-electron chi connectivity index (χ0n) is 13.7. The Morgan fingerprint density at radius 2 is 1.87 bits per heavy atom. The van der Waals surface area contributed by atoms with E-state index in [4.69, 9.17) is 0 Å². The Morgan fingerprint density at radius 3 is 2.52 bits per heavy atom. The van der Waals surface area contributed by atoms with Crippen LogP contribution in [0.15, 0.2) is 41.1 Å². The van der Waals surface area contributed by atoms with E-state index in [2.05, 4.69) is 42.3 Å². The van der Waals surface area contributed by atoms with Crippen LogP contribution in [0.4, 0.5) is 11.4 Å². The molecule has 4 rings (SSSR count). The summed E-state index contributed by atoms with van der Waals surface area (Å²) in [6.45, 7) is 6.46. The SMILES string of the molecule is CC(C)N1CCC2(CC1)C(=O)N(c1ccsc1)c1ccccc12. The van der Waals surface area contributed by atoms with Gasteiger partial charge >= 0.3 is 0 Å². The van der Waals surface area contributed by atoms with Crippen LogP contribution in [0.1, 0.15) is 32.3 Å². The van der Waals surface area contributed by atoms with E-state index in [0.717, 1.165) is 37.3 Å². The average Bonchev–Trinajstić information content (AvgIpc) is 3.16. The molecule has 0 bridgehead atoms. The fraction of sp³-hybridized carbons (Fsp3) is 0.421. The van der Waals surface area contributed by atoms with E-state index in [1.54, 1.807) is 11.3 Å². The molecule has 2 aromatic rings. The van der Waals surface area contributed by atoms with Crippen molar-refractivity contribution < 1.29 is 4.79 Å². The number of likely N-dealkylation sites (tertiary alicyclic amines) is 1. The molecule has 0 N–H and O–H groups in total. The van der Waals surface area contributed by atoms with Crippen LogP contribution in [-0.2, 0) is 10.2 Å². The van der Waals surface area contributed by atoms with Crippen molar-refractivity contribution in [1.82, 2.24) is 4.90 Å². The molecule has 3 nitrogen and oxygen atoms in total. The van der Waals surface area contributed by atoms with Crippen LogP contribution >= 0.6 is 11.3 Å². The molecule has 4 heteroatoms. The minimum absolute atomic E-state index is 0.264. The molecule has 0 aliphatic carbocycles. The number of piperidine rings is 1. The maximum atomic E-state index is 13.4. The van der Waals surface area contributed by atoms with Gasteiger partial charge in [-0.15, -0.1) is 0 Å². The van der Waals surface area contributed by atoms with Crippen molar-refractivity contribution in [2.24, 2.45) is 0 Å². The molecule has 1 saturated heterocycles. The number of carbonyl (C=O) groups excluding carboxylic acids is 1. The van der Waals surface area contributed by atoms with E-state index in [0.29, 0.717) is 6.04 Å². The van der Waals surface area contributed by atoms with Crippen molar-refractivity contribution in [3.8, 4) is 0 Å². The second-order valence-corrected chi connectivity index (χ2v) is 7.63. The minimum atomic E-state index is -0.329. The van der Waals surface area contributed by atoms with Gasteiger partial charge in [0.25, 0.3) is 0 Å². The fourth-order valence-electron chi connectivity index (χ4n) is 4.06. The number of para-hydroxylation sites is 1. The Bertz CT molecular complexity index is 715. The standard InChI is InChI=1S/C19H22N2OS/c1-14(2)20-10-8-19(9-11-20)16-5-3-4-6-17(16)21(18(19)22)15-7-12-23-13-15/h3-7,12-14H,8-11H2,1-2H3. The largest absolute Gasteiger partial charge is 0.301 e. The summed E-state index contributed by atoms with van der Waals surface area (Å²) in [6.07, 6.45) is 1.84. The first-order chi connectivity index (χ1) is 11.1. The van der Waals surface area contributed by atoms with Gasteiger partial charge in [-0.1, -0.05) is 18.2 Å². The first kappa shape index (κ1) is 14.9. The van der Waals surface area contributed by atoms with Gasteiger partial charge in [-0.25, -0.2) is 0 Å². The molecule has 1 fully saturated rings. The van der Waals surface area contributed by atoms with Crippen LogP contribution in [0.25, 0.3) is 0 Å². The average molecular weight is 326 g/mol. The molecule has 1 spiro atoms. The molecule has 0 unspecified atom stereocenters. The second kappa shape index (κ2) is 5.46. The van der Waals surface area contributed by atoms with Gasteiger partial charge in [-0.3, -0.25) is 9.69 Å². The maximum absolute atomic E-state index is 13.4. The van der Waals surface area contributed by atoms with E-state index in [9.17, 15) is 4.79 Å². The van der Waals surface area contributed by atoms with Gasteiger partial charge in [-0.2, -0.15) is 11.3 Å². The summed E-state index contributed by atoms with van der Waals surface area (Å²) in [7, 11) is 0. The normalized spacial score (nSPS) is 20.5. The van der Waals surface area contributed by atoms with Gasteiger partial charge in [0.2, 0.25) is 5.91 Å². The number of rotatable bonds is 2. The summed E-state index contributed by atoms with van der Waals surface area (Å²) in [6, 6.07) is 10.9. The van der Waals surface area contributed by atoms with E-state index >= 15 is 0 Å². The van der Waals surface area contributed by atoms with Crippen molar-refractivity contribution in [3.63, 3.8) is 0 Å². The van der Waals surface area contributed by atoms with Gasteiger partial charge in [0.1, 0.15) is 0 Å². The Morgan fingerprint density at radius 1 is 1.13 bits per heavy atom. The number of hydrogen-bond donors (Lipinski definition) is 0. The molecule has 1 amide bonds. The molecule has 3 heterocycles. The van der Waals surface area contributed by atoms with Crippen LogP contribution in [0.5, 0.6) is 0 Å². The summed E-state index contributed by atoms with van der Waals surface area (Å²) in [5, 5.41) is 4.11. The second-order valence-electron chi connectivity index (χ2n) is 6.85. The highest BCUT2D eigenvalue weighted by atomic mass is 32.1. The van der Waals surface area contributed by atoms with Gasteiger partial charge in [0.15, 0.2) is 0 Å². The molecular weight excluding hydrogens is 304 g/mol. The Labute approximate surface area is 141 Å². The quantitative estimate of drug-likeness (QED) is 0.827. The van der Waals surface area contributed by atoms with Crippen molar-refractivity contribution in [2.45, 2.75) is 38.1 Å². The summed E-state index contributed by atoms with van der Waals surface area (Å²) >= 11 is 1.64. The smallest absolute Gasteiger partial charge is 0.242 e. The molecule has 2 aliphatic rings. The van der Waals surface area contributed by atoms with E-state index in [1.165, 1.54) is 5.56 Å². The van der Waals surface area contributed by atoms with Crippen LogP contribution in [0.2, 0.25) is 0 Å². The summed E-state index contributed by atoms with van der Waals surface area (Å²) in [5.41, 5.74) is 2.98. The maximum Gasteiger partial charge on any atom is 0.242 e. The van der Waals surface area contributed by atoms with Crippen LogP contribution in [-0.4, -0.2) is 29.9 Å². The van der Waals surface area contributed by atoms with E-state index < -0.39 is 0 Å². The Kier molecular flexibility index (Phi) is 3.54. The topological polar surface area (TPSA) is 23.6 Å². The number of benzene rings is 1. The van der Waals surface area contributed by atoms with Gasteiger partial charge < -0.3 is 4.90 Å². The highest BCUT2D eigenvalue weighted by Gasteiger charge is 2.52. The van der Waals surface area contributed by atoms with Crippen LogP contribution in [0, 0.1) is 0 Å². The third kappa shape index (κ3) is 2.16. The van der Waals surface area contributed by atoms with Crippen molar-refractivity contribution in [2.75, 3.05) is 18.0 Å². The number of hydrogen-bond acceptors (Lipinski definition) is 3. The van der Waals surface area contributed by atoms with Gasteiger partial charge in [0, 0.05) is 11.4 Å². The zero-order valence-corrected chi connectivity index (χ0v) is 14.5. The Balaban J connectivity index is 1.76. The van der Waals surface area contributed by atoms with Gasteiger partial charge in [-0.05, 0) is 62.9 Å². The van der Waals surface area contributed by atoms with E-state index in [-0.39, 0.29) is 11.3 Å².